The highest BCUT2D eigenvalue weighted by molar-refractivity contribution is 7.80. The minimum atomic E-state index is -0.992. The molecule has 2 aromatic rings. The molecule has 0 heterocycles. The minimum absolute atomic E-state index is 0.0348. The van der Waals surface area contributed by atoms with E-state index in [0.717, 1.165) is 30.3 Å². The van der Waals surface area contributed by atoms with Gasteiger partial charge in [0, 0.05) is 5.56 Å². The molecule has 0 aliphatic rings. The van der Waals surface area contributed by atoms with Crippen LogP contribution in [0.15, 0.2) is 30.3 Å². The van der Waals surface area contributed by atoms with Crippen LogP contribution in [0.3, 0.4) is 0 Å². The number of ether oxygens (including phenoxy) is 1. The first-order valence-electron chi connectivity index (χ1n) is 5.30. The fourth-order valence-electron chi connectivity index (χ4n) is 1.47. The third-order valence-corrected chi connectivity index (χ3v) is 2.92. The summed E-state index contributed by atoms with van der Waals surface area (Å²) in [4.78, 5) is -0.144. The van der Waals surface area contributed by atoms with Gasteiger partial charge in [-0.05, 0) is 30.3 Å². The lowest BCUT2D eigenvalue weighted by molar-refractivity contribution is 0.407. The van der Waals surface area contributed by atoms with Crippen molar-refractivity contribution in [1.29, 1.82) is 0 Å². The van der Waals surface area contributed by atoms with Crippen molar-refractivity contribution in [3.63, 3.8) is 0 Å². The zero-order chi connectivity index (χ0) is 14.9. The van der Waals surface area contributed by atoms with Crippen LogP contribution in [0.25, 0.3) is 0 Å². The van der Waals surface area contributed by atoms with Gasteiger partial charge in [-0.3, -0.25) is 0 Å². The van der Waals surface area contributed by atoms with E-state index in [2.05, 4.69) is 12.2 Å². The monoisotopic (exact) mass is 317 g/mol. The van der Waals surface area contributed by atoms with Crippen molar-refractivity contribution in [2.75, 3.05) is 0 Å². The molecule has 7 heteroatoms. The number of hydrogen-bond acceptors (Lipinski definition) is 2. The molecule has 0 saturated carbocycles. The predicted molar refractivity (Wildman–Crippen MR) is 73.7 cm³/mol. The normalized spacial score (nSPS) is 10.4. The van der Waals surface area contributed by atoms with Gasteiger partial charge < -0.3 is 10.5 Å². The van der Waals surface area contributed by atoms with E-state index in [9.17, 15) is 13.2 Å². The second-order valence-corrected chi connectivity index (χ2v) is 4.66. The maximum atomic E-state index is 13.8. The van der Waals surface area contributed by atoms with Gasteiger partial charge in [-0.15, -0.1) is 0 Å². The molecular weight excluding hydrogens is 311 g/mol. The summed E-state index contributed by atoms with van der Waals surface area (Å²) in [5, 5.41) is -0.109. The second kappa shape index (κ2) is 5.68. The number of benzene rings is 2. The lowest BCUT2D eigenvalue weighted by Crippen LogP contribution is -2.10. The Labute approximate surface area is 122 Å². The minimum Gasteiger partial charge on any atom is -0.450 e. The summed E-state index contributed by atoms with van der Waals surface area (Å²) in [5.74, 6) is -3.32. The van der Waals surface area contributed by atoms with E-state index < -0.39 is 23.2 Å². The van der Waals surface area contributed by atoms with Gasteiger partial charge in [-0.25, -0.2) is 13.2 Å². The number of halogens is 4. The number of hydrogen-bond donors (Lipinski definition) is 1. The van der Waals surface area contributed by atoms with Crippen LogP contribution in [0.2, 0.25) is 5.02 Å². The lowest BCUT2D eigenvalue weighted by atomic mass is 10.2. The molecule has 0 spiro atoms. The molecule has 0 fully saturated rings. The molecule has 0 unspecified atom stereocenters. The Bertz CT molecular complexity index is 670. The van der Waals surface area contributed by atoms with E-state index in [4.69, 9.17) is 22.1 Å². The molecule has 20 heavy (non-hydrogen) atoms. The molecule has 0 aliphatic carbocycles. The van der Waals surface area contributed by atoms with Crippen LogP contribution in [0.1, 0.15) is 5.56 Å². The highest BCUT2D eigenvalue weighted by atomic mass is 35.5. The van der Waals surface area contributed by atoms with Gasteiger partial charge in [-0.2, -0.15) is 0 Å². The van der Waals surface area contributed by atoms with Gasteiger partial charge in [0.1, 0.15) is 16.6 Å². The van der Waals surface area contributed by atoms with E-state index in [0.29, 0.717) is 0 Å². The number of thiocarbonyl (C=S) groups is 1. The molecule has 2 nitrogen and oxygen atoms in total. The summed E-state index contributed by atoms with van der Waals surface area (Å²) in [5.41, 5.74) is 5.32. The van der Waals surface area contributed by atoms with Crippen molar-refractivity contribution >= 4 is 28.8 Å². The Morgan fingerprint density at radius 3 is 2.20 bits per heavy atom. The first-order chi connectivity index (χ1) is 9.38. The van der Waals surface area contributed by atoms with Crippen molar-refractivity contribution in [2.24, 2.45) is 5.73 Å². The molecule has 0 atom stereocenters. The maximum Gasteiger partial charge on any atom is 0.198 e. The fraction of sp³-hybridized carbons (Fsp3) is 0. The molecule has 2 aromatic carbocycles. The first kappa shape index (κ1) is 14.6. The Morgan fingerprint density at radius 2 is 1.70 bits per heavy atom. The molecule has 104 valence electrons. The summed E-state index contributed by atoms with van der Waals surface area (Å²) >= 11 is 10.3. The third-order valence-electron chi connectivity index (χ3n) is 2.39. The molecule has 2 N–H and O–H groups in total. The number of rotatable bonds is 3. The Morgan fingerprint density at radius 1 is 1.10 bits per heavy atom. The molecule has 2 rings (SSSR count). The Hall–Kier alpha value is -1.79. The summed E-state index contributed by atoms with van der Waals surface area (Å²) < 4.78 is 45.4. The average molecular weight is 318 g/mol. The van der Waals surface area contributed by atoms with E-state index in [1.54, 1.807) is 0 Å². The van der Waals surface area contributed by atoms with Gasteiger partial charge in [-0.1, -0.05) is 23.8 Å². The Balaban J connectivity index is 2.41. The third kappa shape index (κ3) is 3.02. The molecule has 0 radical (unpaired) electrons. The van der Waals surface area contributed by atoms with Crippen molar-refractivity contribution in [3.8, 4) is 11.5 Å². The van der Waals surface area contributed by atoms with Crippen molar-refractivity contribution < 1.29 is 17.9 Å². The van der Waals surface area contributed by atoms with Crippen molar-refractivity contribution in [2.45, 2.75) is 0 Å². The summed E-state index contributed by atoms with van der Waals surface area (Å²) in [6.45, 7) is 0. The maximum absolute atomic E-state index is 13.8. The highest BCUT2D eigenvalue weighted by Crippen LogP contribution is 2.33. The molecule has 0 aromatic heterocycles. The standard InChI is InChI=1S/C13H7ClF3NOS/c14-8-5-7(15)1-2-11(8)19-12-9(16)3-6(13(18)20)4-10(12)17/h1-5H,(H2,18,20). The number of nitrogens with two attached hydrogens (primary N) is 1. The molecule has 0 aliphatic heterocycles. The molecule has 0 saturated heterocycles. The van der Waals surface area contributed by atoms with Crippen LogP contribution in [0.4, 0.5) is 13.2 Å². The fourth-order valence-corrected chi connectivity index (χ4v) is 1.79. The topological polar surface area (TPSA) is 35.2 Å². The van der Waals surface area contributed by atoms with Crippen LogP contribution >= 0.6 is 23.8 Å². The van der Waals surface area contributed by atoms with Crippen molar-refractivity contribution in [1.82, 2.24) is 0 Å². The van der Waals surface area contributed by atoms with E-state index >= 15 is 0 Å². The van der Waals surface area contributed by atoms with Gasteiger partial charge in [0.25, 0.3) is 0 Å². The van der Waals surface area contributed by atoms with E-state index in [1.165, 1.54) is 0 Å². The molecular formula is C13H7ClF3NOS. The SMILES string of the molecule is NC(=S)c1cc(F)c(Oc2ccc(F)cc2Cl)c(F)c1. The van der Waals surface area contributed by atoms with Gasteiger partial charge in [0.15, 0.2) is 17.4 Å². The van der Waals surface area contributed by atoms with Crippen LogP contribution < -0.4 is 10.5 Å². The van der Waals surface area contributed by atoms with E-state index in [1.807, 2.05) is 0 Å². The molecule has 0 bridgehead atoms. The van der Waals surface area contributed by atoms with Crippen LogP contribution in [0, 0.1) is 17.5 Å². The first-order valence-corrected chi connectivity index (χ1v) is 6.09. The summed E-state index contributed by atoms with van der Waals surface area (Å²) in [6, 6.07) is 5.07. The zero-order valence-corrected chi connectivity index (χ0v) is 11.4. The highest BCUT2D eigenvalue weighted by Gasteiger charge is 2.16. The lowest BCUT2D eigenvalue weighted by Gasteiger charge is -2.10. The largest absolute Gasteiger partial charge is 0.450 e. The Kier molecular flexibility index (Phi) is 4.15. The van der Waals surface area contributed by atoms with Crippen LogP contribution in [-0.4, -0.2) is 4.99 Å². The van der Waals surface area contributed by atoms with Gasteiger partial charge >= 0.3 is 0 Å². The second-order valence-electron chi connectivity index (χ2n) is 3.81. The summed E-state index contributed by atoms with van der Waals surface area (Å²) in [6.07, 6.45) is 0. The van der Waals surface area contributed by atoms with Crippen LogP contribution in [0.5, 0.6) is 11.5 Å². The summed E-state index contributed by atoms with van der Waals surface area (Å²) in [7, 11) is 0. The van der Waals surface area contributed by atoms with Gasteiger partial charge in [0.05, 0.1) is 5.02 Å². The quantitative estimate of drug-likeness (QED) is 0.862. The molecule has 0 amide bonds. The predicted octanol–water partition coefficient (Wildman–Crippen LogP) is 4.18. The average Bonchev–Trinajstić information content (AvgIpc) is 2.35. The van der Waals surface area contributed by atoms with Gasteiger partial charge in [0.2, 0.25) is 0 Å². The smallest absolute Gasteiger partial charge is 0.198 e. The van der Waals surface area contributed by atoms with E-state index in [-0.39, 0.29) is 21.3 Å². The van der Waals surface area contributed by atoms with Crippen molar-refractivity contribution in [3.05, 3.63) is 58.4 Å². The van der Waals surface area contributed by atoms with Crippen LogP contribution in [-0.2, 0) is 0 Å². The zero-order valence-electron chi connectivity index (χ0n) is 9.79.